The summed E-state index contributed by atoms with van der Waals surface area (Å²) in [5.74, 6) is -5.09. The van der Waals surface area contributed by atoms with Crippen LogP contribution < -0.4 is 0 Å². The molecule has 0 fully saturated rings. The van der Waals surface area contributed by atoms with E-state index in [1.54, 1.807) is 0 Å². The van der Waals surface area contributed by atoms with E-state index < -0.39 is 43.1 Å². The zero-order valence-corrected chi connectivity index (χ0v) is 8.91. The molecule has 0 saturated heterocycles. The molecular weight excluding hydrogens is 238 g/mol. The van der Waals surface area contributed by atoms with Crippen LogP contribution in [0.3, 0.4) is 0 Å². The van der Waals surface area contributed by atoms with Crippen molar-refractivity contribution in [1.29, 1.82) is 0 Å². The average molecular weight is 252 g/mol. The smallest absolute Gasteiger partial charge is 0.380 e. The quantitative estimate of drug-likeness (QED) is 0.744. The van der Waals surface area contributed by atoms with E-state index in [1.807, 2.05) is 0 Å². The Kier molecular flexibility index (Phi) is 4.67. The van der Waals surface area contributed by atoms with Crippen LogP contribution in [-0.4, -0.2) is 29.5 Å². The van der Waals surface area contributed by atoms with E-state index in [0.29, 0.717) is 6.92 Å². The van der Waals surface area contributed by atoms with E-state index in [2.05, 4.69) is 0 Å². The number of alkyl halides is 6. The Morgan fingerprint density at radius 2 is 1.50 bits per heavy atom. The number of hydrogen-bond donors (Lipinski definition) is 1. The maximum Gasteiger partial charge on any atom is 0.417 e. The monoisotopic (exact) mass is 252 g/mol. The van der Waals surface area contributed by atoms with Gasteiger partial charge in [-0.15, -0.1) is 0 Å². The lowest BCUT2D eigenvalue weighted by Crippen LogP contribution is -2.51. The third-order valence-electron chi connectivity index (χ3n) is 2.48. The molecule has 2 unspecified atom stereocenters. The van der Waals surface area contributed by atoms with E-state index >= 15 is 0 Å². The fraction of sp³-hybridized carbons (Fsp3) is 1.00. The molecule has 0 saturated carbocycles. The van der Waals surface area contributed by atoms with Crippen molar-refractivity contribution >= 4 is 0 Å². The van der Waals surface area contributed by atoms with Gasteiger partial charge in [-0.1, -0.05) is 6.92 Å². The molecule has 16 heavy (non-hydrogen) atoms. The number of halogens is 6. The third-order valence-corrected chi connectivity index (χ3v) is 2.48. The van der Waals surface area contributed by atoms with Crippen LogP contribution in [0.15, 0.2) is 0 Å². The van der Waals surface area contributed by atoms with Crippen LogP contribution in [0.2, 0.25) is 0 Å². The van der Waals surface area contributed by atoms with Gasteiger partial charge in [-0.2, -0.15) is 13.2 Å². The van der Waals surface area contributed by atoms with Gasteiger partial charge < -0.3 is 5.11 Å². The molecule has 0 aromatic rings. The van der Waals surface area contributed by atoms with Gasteiger partial charge in [-0.25, -0.2) is 8.78 Å². The lowest BCUT2D eigenvalue weighted by atomic mass is 9.84. The van der Waals surface area contributed by atoms with E-state index in [9.17, 15) is 31.4 Å². The Bertz CT molecular complexity index is 221. The lowest BCUT2D eigenvalue weighted by Gasteiger charge is -2.35. The highest BCUT2D eigenvalue weighted by atomic mass is 19.4. The predicted molar refractivity (Wildman–Crippen MR) is 46.0 cm³/mol. The van der Waals surface area contributed by atoms with Crippen molar-refractivity contribution in [1.82, 2.24) is 0 Å². The molecule has 0 rings (SSSR count). The van der Waals surface area contributed by atoms with Gasteiger partial charge in [-0.05, 0) is 13.3 Å². The summed E-state index contributed by atoms with van der Waals surface area (Å²) in [6.07, 6.45) is -7.48. The molecule has 2 atom stereocenters. The molecule has 0 aliphatic carbocycles. The van der Waals surface area contributed by atoms with Crippen molar-refractivity contribution in [3.8, 4) is 0 Å². The SMILES string of the molecule is CC(CF)C(O)(CCC(C)(F)F)C(F)(F)F. The average Bonchev–Trinajstić information content (AvgIpc) is 2.09. The summed E-state index contributed by atoms with van der Waals surface area (Å²) in [6, 6.07) is 0. The van der Waals surface area contributed by atoms with Gasteiger partial charge >= 0.3 is 6.18 Å². The lowest BCUT2D eigenvalue weighted by molar-refractivity contribution is -0.284. The molecule has 0 amide bonds. The van der Waals surface area contributed by atoms with Crippen LogP contribution in [0, 0.1) is 5.92 Å². The van der Waals surface area contributed by atoms with Gasteiger partial charge in [0, 0.05) is 12.3 Å². The van der Waals surface area contributed by atoms with Gasteiger partial charge in [0.05, 0.1) is 6.67 Å². The standard InChI is InChI=1S/C9H14F6O/c1-6(5-10)8(16,9(13,14)15)4-3-7(2,11)12/h6,16H,3-5H2,1-2H3. The molecule has 0 heterocycles. The predicted octanol–water partition coefficient (Wildman–Crippen LogP) is 3.32. The van der Waals surface area contributed by atoms with Crippen LogP contribution in [-0.2, 0) is 0 Å². The largest absolute Gasteiger partial charge is 0.417 e. The molecule has 0 aliphatic rings. The third kappa shape index (κ3) is 3.84. The molecule has 7 heteroatoms. The van der Waals surface area contributed by atoms with Crippen LogP contribution in [0.5, 0.6) is 0 Å². The summed E-state index contributed by atoms with van der Waals surface area (Å²) < 4.78 is 74.4. The highest BCUT2D eigenvalue weighted by Crippen LogP contribution is 2.41. The number of rotatable bonds is 5. The van der Waals surface area contributed by atoms with Crippen LogP contribution in [0.1, 0.15) is 26.7 Å². The van der Waals surface area contributed by atoms with E-state index in [0.717, 1.165) is 6.92 Å². The Hall–Kier alpha value is -0.460. The number of hydrogen-bond acceptors (Lipinski definition) is 1. The highest BCUT2D eigenvalue weighted by Gasteiger charge is 2.57. The molecule has 0 aliphatic heterocycles. The fourth-order valence-corrected chi connectivity index (χ4v) is 1.21. The first kappa shape index (κ1) is 15.5. The Balaban J connectivity index is 4.83. The molecule has 0 bridgehead atoms. The van der Waals surface area contributed by atoms with Crippen LogP contribution in [0.25, 0.3) is 0 Å². The van der Waals surface area contributed by atoms with E-state index in [4.69, 9.17) is 0 Å². The first-order valence-corrected chi connectivity index (χ1v) is 4.67. The van der Waals surface area contributed by atoms with Crippen molar-refractivity contribution < 1.29 is 31.4 Å². The van der Waals surface area contributed by atoms with Gasteiger partial charge in [0.25, 0.3) is 0 Å². The maximum absolute atomic E-state index is 12.5. The minimum Gasteiger partial charge on any atom is -0.380 e. The first-order valence-electron chi connectivity index (χ1n) is 4.67. The summed E-state index contributed by atoms with van der Waals surface area (Å²) in [4.78, 5) is 0. The highest BCUT2D eigenvalue weighted by molar-refractivity contribution is 4.92. The molecule has 0 aromatic heterocycles. The van der Waals surface area contributed by atoms with E-state index in [1.165, 1.54) is 0 Å². The first-order chi connectivity index (χ1) is 6.94. The summed E-state index contributed by atoms with van der Waals surface area (Å²) in [7, 11) is 0. The zero-order chi connectivity index (χ0) is 13.2. The summed E-state index contributed by atoms with van der Waals surface area (Å²) in [5, 5.41) is 9.28. The minimum atomic E-state index is -5.12. The molecule has 98 valence electrons. The molecule has 0 spiro atoms. The van der Waals surface area contributed by atoms with Gasteiger partial charge in [0.15, 0.2) is 5.60 Å². The van der Waals surface area contributed by atoms with Crippen molar-refractivity contribution in [3.05, 3.63) is 0 Å². The van der Waals surface area contributed by atoms with Crippen LogP contribution >= 0.6 is 0 Å². The molecular formula is C9H14F6O. The Labute approximate surface area is 89.4 Å². The van der Waals surface area contributed by atoms with Gasteiger partial charge in [0.1, 0.15) is 0 Å². The van der Waals surface area contributed by atoms with Crippen molar-refractivity contribution in [2.45, 2.75) is 44.4 Å². The second-order valence-electron chi connectivity index (χ2n) is 4.05. The maximum atomic E-state index is 12.5. The summed E-state index contributed by atoms with van der Waals surface area (Å²) in [5.41, 5.74) is -3.40. The fourth-order valence-electron chi connectivity index (χ4n) is 1.21. The minimum absolute atomic E-state index is 0.448. The summed E-state index contributed by atoms with van der Waals surface area (Å²) in [6.45, 7) is -0.142. The van der Waals surface area contributed by atoms with Crippen LogP contribution in [0.4, 0.5) is 26.3 Å². The topological polar surface area (TPSA) is 20.2 Å². The second kappa shape index (κ2) is 4.81. The molecule has 1 N–H and O–H groups in total. The normalized spacial score (nSPS) is 19.3. The second-order valence-corrected chi connectivity index (χ2v) is 4.05. The van der Waals surface area contributed by atoms with Crippen molar-refractivity contribution in [3.63, 3.8) is 0 Å². The Morgan fingerprint density at radius 1 is 1.06 bits per heavy atom. The van der Waals surface area contributed by atoms with Gasteiger partial charge in [-0.3, -0.25) is 4.39 Å². The Morgan fingerprint density at radius 3 is 1.75 bits per heavy atom. The van der Waals surface area contributed by atoms with E-state index in [-0.39, 0.29) is 0 Å². The zero-order valence-electron chi connectivity index (χ0n) is 8.91. The van der Waals surface area contributed by atoms with Crippen molar-refractivity contribution in [2.75, 3.05) is 6.67 Å². The molecule has 0 radical (unpaired) electrons. The molecule has 0 aromatic carbocycles. The van der Waals surface area contributed by atoms with Gasteiger partial charge in [0.2, 0.25) is 5.92 Å². The summed E-state index contributed by atoms with van der Waals surface area (Å²) >= 11 is 0. The molecule has 1 nitrogen and oxygen atoms in total. The number of aliphatic hydroxyl groups is 1. The van der Waals surface area contributed by atoms with Crippen molar-refractivity contribution in [2.24, 2.45) is 5.92 Å².